The summed E-state index contributed by atoms with van der Waals surface area (Å²) >= 11 is 0. The van der Waals surface area contributed by atoms with E-state index in [1.54, 1.807) is 18.2 Å². The van der Waals surface area contributed by atoms with Crippen molar-refractivity contribution in [1.82, 2.24) is 4.90 Å². The monoisotopic (exact) mass is 230 g/mol. The number of hydrogen-bond donors (Lipinski definition) is 1. The van der Waals surface area contributed by atoms with Crippen LogP contribution in [0.5, 0.6) is 5.75 Å². The number of hydrogen-bond acceptors (Lipinski definition) is 3. The van der Waals surface area contributed by atoms with Crippen LogP contribution in [0.2, 0.25) is 0 Å². The fourth-order valence-electron chi connectivity index (χ4n) is 2.12. The van der Waals surface area contributed by atoms with Crippen LogP contribution in [0.4, 0.5) is 5.69 Å². The van der Waals surface area contributed by atoms with Gasteiger partial charge in [0.05, 0.1) is 11.6 Å². The van der Waals surface area contributed by atoms with Gasteiger partial charge < -0.3 is 14.8 Å². The van der Waals surface area contributed by atoms with Crippen molar-refractivity contribution in [2.75, 3.05) is 24.9 Å². The second-order valence-corrected chi connectivity index (χ2v) is 4.44. The molecule has 1 N–H and O–H groups in total. The highest BCUT2D eigenvalue weighted by molar-refractivity contribution is 6.31. The van der Waals surface area contributed by atoms with Crippen molar-refractivity contribution in [2.24, 2.45) is 5.92 Å². The third kappa shape index (κ3) is 2.44. The summed E-state index contributed by atoms with van der Waals surface area (Å²) in [6.07, 6.45) is 0.816. The molecule has 17 heavy (non-hydrogen) atoms. The molecule has 2 radical (unpaired) electrons. The molecule has 1 aliphatic heterocycles. The van der Waals surface area contributed by atoms with E-state index in [2.05, 4.69) is 4.90 Å². The molecule has 1 atom stereocenters. The lowest BCUT2D eigenvalue weighted by Crippen LogP contribution is -2.35. The Morgan fingerprint density at radius 1 is 1.53 bits per heavy atom. The van der Waals surface area contributed by atoms with E-state index in [4.69, 9.17) is 7.98 Å². The Morgan fingerprint density at radius 3 is 2.82 bits per heavy atom. The van der Waals surface area contributed by atoms with Gasteiger partial charge in [-0.2, -0.15) is 0 Å². The first-order chi connectivity index (χ1) is 8.09. The molecule has 88 valence electrons. The van der Waals surface area contributed by atoms with Gasteiger partial charge in [-0.15, -0.1) is 0 Å². The van der Waals surface area contributed by atoms with Crippen molar-refractivity contribution in [1.29, 1.82) is 0 Å². The van der Waals surface area contributed by atoms with Gasteiger partial charge in [-0.25, -0.2) is 0 Å². The largest absolute Gasteiger partial charge is 0.506 e. The lowest BCUT2D eigenvalue weighted by Gasteiger charge is -2.22. The first kappa shape index (κ1) is 12.0. The number of phenolic OH excluding ortho intramolecular Hbond substituents is 1. The van der Waals surface area contributed by atoms with E-state index in [0.717, 1.165) is 24.3 Å². The van der Waals surface area contributed by atoms with Crippen LogP contribution in [-0.4, -0.2) is 44.0 Å². The summed E-state index contributed by atoms with van der Waals surface area (Å²) in [5, 5.41) is 9.64. The smallest absolute Gasteiger partial charge is 0.238 e. The maximum absolute atomic E-state index is 12.1. The molecule has 5 heteroatoms. The van der Waals surface area contributed by atoms with Crippen molar-refractivity contribution in [2.45, 2.75) is 6.42 Å². The normalized spacial score (nSPS) is 20.4. The Bertz CT molecular complexity index is 425. The van der Waals surface area contributed by atoms with Crippen LogP contribution in [-0.2, 0) is 4.79 Å². The van der Waals surface area contributed by atoms with E-state index in [-0.39, 0.29) is 17.6 Å². The lowest BCUT2D eigenvalue weighted by molar-refractivity contribution is -0.120. The van der Waals surface area contributed by atoms with E-state index in [9.17, 15) is 9.90 Å². The third-order valence-electron chi connectivity index (χ3n) is 3.12. The minimum absolute atomic E-state index is 0.0229. The van der Waals surface area contributed by atoms with E-state index < -0.39 is 0 Å². The molecule has 1 saturated heterocycles. The SMILES string of the molecule is [B]N(C(=O)C1CCN(C)C1)c1ccccc1O. The van der Waals surface area contributed by atoms with Gasteiger partial charge in [0.25, 0.3) is 0 Å². The molecule has 0 spiro atoms. The Morgan fingerprint density at radius 2 is 2.24 bits per heavy atom. The van der Waals surface area contributed by atoms with Crippen molar-refractivity contribution in [3.05, 3.63) is 24.3 Å². The van der Waals surface area contributed by atoms with Gasteiger partial charge in [0.2, 0.25) is 13.9 Å². The summed E-state index contributed by atoms with van der Waals surface area (Å²) in [6.45, 7) is 1.63. The average Bonchev–Trinajstić information content (AvgIpc) is 2.75. The zero-order valence-corrected chi connectivity index (χ0v) is 9.84. The fraction of sp³-hybridized carbons (Fsp3) is 0.417. The first-order valence-corrected chi connectivity index (χ1v) is 5.65. The van der Waals surface area contributed by atoms with Gasteiger partial charge in [0.15, 0.2) is 0 Å². The molecule has 0 aliphatic carbocycles. The number of phenols is 1. The number of anilines is 1. The number of carbonyl (C=O) groups excluding carboxylic acids is 1. The molecule has 1 heterocycles. The minimum atomic E-state index is -0.143. The molecule has 1 unspecified atom stereocenters. The van der Waals surface area contributed by atoms with Crippen molar-refractivity contribution >= 4 is 19.6 Å². The maximum Gasteiger partial charge on any atom is 0.238 e. The Kier molecular flexibility index (Phi) is 3.38. The average molecular weight is 230 g/mol. The predicted molar refractivity (Wildman–Crippen MR) is 67.0 cm³/mol. The molecule has 0 bridgehead atoms. The topological polar surface area (TPSA) is 43.8 Å². The lowest BCUT2D eigenvalue weighted by atomic mass is 10.0. The summed E-state index contributed by atoms with van der Waals surface area (Å²) < 4.78 is 0. The molecule has 1 aromatic carbocycles. The summed E-state index contributed by atoms with van der Waals surface area (Å²) in [7, 11) is 7.75. The summed E-state index contributed by atoms with van der Waals surface area (Å²) in [5.41, 5.74) is 0.354. The highest BCUT2D eigenvalue weighted by atomic mass is 16.3. The number of amides is 1. The van der Waals surface area contributed by atoms with Crippen LogP contribution in [0.15, 0.2) is 24.3 Å². The van der Waals surface area contributed by atoms with Crippen LogP contribution in [0.25, 0.3) is 0 Å². The predicted octanol–water partition coefficient (Wildman–Crippen LogP) is 0.760. The molecule has 2 rings (SSSR count). The van der Waals surface area contributed by atoms with Gasteiger partial charge in [0.1, 0.15) is 5.75 Å². The molecule has 1 fully saturated rings. The summed E-state index contributed by atoms with van der Waals surface area (Å²) in [5.74, 6) is -0.199. The van der Waals surface area contributed by atoms with Crippen LogP contribution >= 0.6 is 0 Å². The number of para-hydroxylation sites is 2. The minimum Gasteiger partial charge on any atom is -0.506 e. The van der Waals surface area contributed by atoms with Crippen molar-refractivity contribution in [3.63, 3.8) is 0 Å². The zero-order chi connectivity index (χ0) is 12.4. The van der Waals surface area contributed by atoms with Gasteiger partial charge >= 0.3 is 0 Å². The number of likely N-dealkylation sites (tertiary alicyclic amines) is 1. The van der Waals surface area contributed by atoms with Gasteiger partial charge in [-0.05, 0) is 32.1 Å². The summed E-state index contributed by atoms with van der Waals surface area (Å²) in [6, 6.07) is 6.58. The second kappa shape index (κ2) is 4.79. The Labute approximate surface area is 102 Å². The van der Waals surface area contributed by atoms with Gasteiger partial charge in [0, 0.05) is 6.54 Å². The van der Waals surface area contributed by atoms with Gasteiger partial charge in [-0.3, -0.25) is 4.79 Å². The number of carbonyl (C=O) groups is 1. The third-order valence-corrected chi connectivity index (χ3v) is 3.12. The number of nitrogens with zero attached hydrogens (tertiary/aromatic N) is 2. The molecular formula is C12H15BN2O2. The molecule has 1 aliphatic rings. The molecule has 1 aromatic rings. The Balaban J connectivity index is 2.12. The number of rotatable bonds is 2. The van der Waals surface area contributed by atoms with E-state index in [1.807, 2.05) is 7.05 Å². The standard InChI is InChI=1S/C12H15BN2O2/c1-14-7-6-9(8-14)12(17)15(13)10-4-2-3-5-11(10)16/h2-5,9,16H,6-8H2,1H3. The van der Waals surface area contributed by atoms with E-state index in [1.165, 1.54) is 6.07 Å². The maximum atomic E-state index is 12.1. The van der Waals surface area contributed by atoms with Crippen LogP contribution < -0.4 is 4.81 Å². The second-order valence-electron chi connectivity index (χ2n) is 4.44. The quantitative estimate of drug-likeness (QED) is 0.763. The molecular weight excluding hydrogens is 215 g/mol. The molecule has 1 amide bonds. The Hall–Kier alpha value is -1.49. The van der Waals surface area contributed by atoms with Crippen molar-refractivity contribution in [3.8, 4) is 5.75 Å². The zero-order valence-electron chi connectivity index (χ0n) is 9.84. The fourth-order valence-corrected chi connectivity index (χ4v) is 2.12. The van der Waals surface area contributed by atoms with Crippen LogP contribution in [0.1, 0.15) is 6.42 Å². The number of benzene rings is 1. The number of aromatic hydroxyl groups is 1. The summed E-state index contributed by atoms with van der Waals surface area (Å²) in [4.78, 5) is 15.3. The molecule has 0 aromatic heterocycles. The van der Waals surface area contributed by atoms with Gasteiger partial charge in [-0.1, -0.05) is 12.1 Å². The highest BCUT2D eigenvalue weighted by Gasteiger charge is 2.29. The molecule has 4 nitrogen and oxygen atoms in total. The van der Waals surface area contributed by atoms with Crippen LogP contribution in [0.3, 0.4) is 0 Å². The van der Waals surface area contributed by atoms with E-state index >= 15 is 0 Å². The van der Waals surface area contributed by atoms with E-state index in [0.29, 0.717) is 5.69 Å². The van der Waals surface area contributed by atoms with Crippen molar-refractivity contribution < 1.29 is 9.90 Å². The molecule has 0 saturated carbocycles. The highest BCUT2D eigenvalue weighted by Crippen LogP contribution is 2.27. The first-order valence-electron chi connectivity index (χ1n) is 5.65. The van der Waals surface area contributed by atoms with Crippen LogP contribution in [0, 0.1) is 5.92 Å².